The number of carbonyl (C=O) groups excluding carboxylic acids is 1. The molecule has 0 radical (unpaired) electrons. The first-order chi connectivity index (χ1) is 12.0. The van der Waals surface area contributed by atoms with Crippen LogP contribution in [0.15, 0.2) is 18.2 Å². The second kappa shape index (κ2) is 7.12. The van der Waals surface area contributed by atoms with Gasteiger partial charge in [0.05, 0.1) is 16.6 Å². The smallest absolute Gasteiger partial charge is 0.416 e. The second-order valence-electron chi connectivity index (χ2n) is 4.91. The quantitative estimate of drug-likeness (QED) is 0.615. The van der Waals surface area contributed by atoms with Crippen LogP contribution < -0.4 is 10.5 Å². The number of nitro benzene ring substituents is 1. The third-order valence-electron chi connectivity index (χ3n) is 3.10. The van der Waals surface area contributed by atoms with Crippen LogP contribution in [-0.2, 0) is 12.6 Å². The first-order valence-corrected chi connectivity index (χ1v) is 7.31. The molecular weight excluding hydrogens is 381 g/mol. The van der Waals surface area contributed by atoms with Crippen molar-refractivity contribution in [1.29, 1.82) is 0 Å². The molecule has 138 valence electrons. The molecule has 0 aliphatic rings. The molecule has 26 heavy (non-hydrogen) atoms. The van der Waals surface area contributed by atoms with Gasteiger partial charge in [-0.15, -0.1) is 0 Å². The monoisotopic (exact) mass is 390 g/mol. The number of rotatable bonds is 5. The summed E-state index contributed by atoms with van der Waals surface area (Å²) in [5.41, 5.74) is 2.76. The molecule has 1 heterocycles. The summed E-state index contributed by atoms with van der Waals surface area (Å²) >= 11 is 5.76. The van der Waals surface area contributed by atoms with Gasteiger partial charge in [-0.1, -0.05) is 18.5 Å². The van der Waals surface area contributed by atoms with E-state index in [0.717, 1.165) is 6.07 Å². The van der Waals surface area contributed by atoms with Crippen LogP contribution >= 0.6 is 11.6 Å². The number of carbonyl (C=O) groups is 1. The Hall–Kier alpha value is -2.95. The van der Waals surface area contributed by atoms with E-state index < -0.39 is 39.2 Å². The highest BCUT2D eigenvalue weighted by atomic mass is 35.5. The van der Waals surface area contributed by atoms with E-state index in [1.807, 2.05) is 0 Å². The fourth-order valence-corrected chi connectivity index (χ4v) is 2.14. The molecule has 0 bridgehead atoms. The van der Waals surface area contributed by atoms with Crippen molar-refractivity contribution in [3.63, 3.8) is 0 Å². The highest BCUT2D eigenvalue weighted by molar-refractivity contribution is 6.32. The molecule has 8 nitrogen and oxygen atoms in total. The van der Waals surface area contributed by atoms with E-state index in [1.165, 1.54) is 0 Å². The van der Waals surface area contributed by atoms with Gasteiger partial charge in [-0.25, -0.2) is 4.98 Å². The SMILES string of the molecule is CCc1nc(C(N)=O)c(Cl)nc1Oc1cc([N+](=O)[O-])cc(C(F)(F)F)c1. The number of alkyl halides is 3. The summed E-state index contributed by atoms with van der Waals surface area (Å²) in [6, 6.07) is 1.75. The van der Waals surface area contributed by atoms with E-state index in [4.69, 9.17) is 22.1 Å². The molecule has 1 amide bonds. The lowest BCUT2D eigenvalue weighted by Crippen LogP contribution is -2.16. The third-order valence-corrected chi connectivity index (χ3v) is 3.36. The minimum absolute atomic E-state index is 0.0864. The predicted molar refractivity (Wildman–Crippen MR) is 83.1 cm³/mol. The molecule has 1 aromatic heterocycles. The zero-order valence-corrected chi connectivity index (χ0v) is 13.8. The molecule has 0 spiro atoms. The lowest BCUT2D eigenvalue weighted by molar-refractivity contribution is -0.385. The Kier molecular flexibility index (Phi) is 5.30. The number of ether oxygens (including phenoxy) is 1. The third kappa shape index (κ3) is 4.17. The number of non-ortho nitro benzene ring substituents is 1. The Bertz CT molecular complexity index is 889. The molecule has 1 aromatic carbocycles. The summed E-state index contributed by atoms with van der Waals surface area (Å²) in [7, 11) is 0. The summed E-state index contributed by atoms with van der Waals surface area (Å²) in [5, 5.41) is 10.5. The van der Waals surface area contributed by atoms with Gasteiger partial charge < -0.3 is 10.5 Å². The maximum absolute atomic E-state index is 12.9. The number of benzene rings is 1. The summed E-state index contributed by atoms with van der Waals surface area (Å²) in [5.74, 6) is -1.73. The number of aryl methyl sites for hydroxylation is 1. The van der Waals surface area contributed by atoms with Crippen molar-refractivity contribution < 1.29 is 27.6 Å². The number of hydrogen-bond donors (Lipinski definition) is 1. The average molecular weight is 391 g/mol. The van der Waals surface area contributed by atoms with Crippen LogP contribution in [0.5, 0.6) is 11.6 Å². The number of hydrogen-bond acceptors (Lipinski definition) is 6. The predicted octanol–water partition coefficient (Wildman–Crippen LogP) is 3.51. The van der Waals surface area contributed by atoms with Crippen molar-refractivity contribution in [2.45, 2.75) is 19.5 Å². The summed E-state index contributed by atoms with van der Waals surface area (Å²) in [6.45, 7) is 1.62. The van der Waals surface area contributed by atoms with Crippen LogP contribution in [0.25, 0.3) is 0 Å². The van der Waals surface area contributed by atoms with Gasteiger partial charge in [0, 0.05) is 6.07 Å². The average Bonchev–Trinajstić information content (AvgIpc) is 2.53. The van der Waals surface area contributed by atoms with Gasteiger partial charge in [-0.3, -0.25) is 14.9 Å². The number of nitrogens with two attached hydrogens (primary N) is 1. The van der Waals surface area contributed by atoms with Crippen LogP contribution in [0.4, 0.5) is 18.9 Å². The highest BCUT2D eigenvalue weighted by Gasteiger charge is 2.33. The van der Waals surface area contributed by atoms with Gasteiger partial charge >= 0.3 is 6.18 Å². The molecule has 0 fully saturated rings. The van der Waals surface area contributed by atoms with Crippen molar-refractivity contribution in [2.75, 3.05) is 0 Å². The van der Waals surface area contributed by atoms with Crippen LogP contribution in [0.2, 0.25) is 5.15 Å². The van der Waals surface area contributed by atoms with Crippen LogP contribution in [0.3, 0.4) is 0 Å². The minimum Gasteiger partial charge on any atom is -0.437 e. The Morgan fingerprint density at radius 1 is 1.35 bits per heavy atom. The lowest BCUT2D eigenvalue weighted by atomic mass is 10.2. The van der Waals surface area contributed by atoms with Gasteiger partial charge in [0.1, 0.15) is 11.4 Å². The normalized spacial score (nSPS) is 11.3. The van der Waals surface area contributed by atoms with Crippen molar-refractivity contribution in [3.05, 3.63) is 50.4 Å². The largest absolute Gasteiger partial charge is 0.437 e. The van der Waals surface area contributed by atoms with Gasteiger partial charge in [0.25, 0.3) is 11.6 Å². The Balaban J connectivity index is 2.54. The first-order valence-electron chi connectivity index (χ1n) is 6.93. The fraction of sp³-hybridized carbons (Fsp3) is 0.214. The van der Waals surface area contributed by atoms with Crippen LogP contribution in [0, 0.1) is 10.1 Å². The van der Waals surface area contributed by atoms with Gasteiger partial charge in [-0.05, 0) is 12.5 Å². The first kappa shape index (κ1) is 19.4. The number of amides is 1. The van der Waals surface area contributed by atoms with E-state index in [2.05, 4.69) is 9.97 Å². The lowest BCUT2D eigenvalue weighted by Gasteiger charge is -2.12. The number of primary amides is 1. The molecule has 0 saturated carbocycles. The Labute approximate surface area is 148 Å². The molecule has 0 atom stereocenters. The molecule has 0 saturated heterocycles. The molecule has 2 aromatic rings. The molecule has 12 heteroatoms. The minimum atomic E-state index is -4.82. The van der Waals surface area contributed by atoms with Gasteiger partial charge in [-0.2, -0.15) is 18.2 Å². The molecule has 2 rings (SSSR count). The number of nitrogens with zero attached hydrogens (tertiary/aromatic N) is 3. The molecule has 0 aliphatic carbocycles. The van der Waals surface area contributed by atoms with E-state index >= 15 is 0 Å². The van der Waals surface area contributed by atoms with Crippen molar-refractivity contribution in [1.82, 2.24) is 9.97 Å². The summed E-state index contributed by atoms with van der Waals surface area (Å²) < 4.78 is 44.0. The maximum atomic E-state index is 12.9. The van der Waals surface area contributed by atoms with E-state index in [-0.39, 0.29) is 23.7 Å². The molecule has 0 unspecified atom stereocenters. The van der Waals surface area contributed by atoms with Crippen molar-refractivity contribution in [3.8, 4) is 11.6 Å². The van der Waals surface area contributed by atoms with Gasteiger partial charge in [0.15, 0.2) is 10.8 Å². The number of nitro groups is 1. The number of halogens is 4. The Morgan fingerprint density at radius 3 is 2.50 bits per heavy atom. The van der Waals surface area contributed by atoms with E-state index in [0.29, 0.717) is 12.1 Å². The fourth-order valence-electron chi connectivity index (χ4n) is 1.93. The zero-order chi connectivity index (χ0) is 19.6. The summed E-state index contributed by atoms with van der Waals surface area (Å²) in [6.07, 6.45) is -4.64. The molecular formula is C14H10ClF3N4O4. The molecule has 0 aliphatic heterocycles. The zero-order valence-electron chi connectivity index (χ0n) is 13.0. The Morgan fingerprint density at radius 2 is 2.00 bits per heavy atom. The summed E-state index contributed by atoms with van der Waals surface area (Å²) in [4.78, 5) is 28.7. The van der Waals surface area contributed by atoms with E-state index in [1.54, 1.807) is 6.92 Å². The number of aromatic nitrogens is 2. The van der Waals surface area contributed by atoms with Crippen molar-refractivity contribution >= 4 is 23.2 Å². The van der Waals surface area contributed by atoms with E-state index in [9.17, 15) is 28.1 Å². The molecule has 2 N–H and O–H groups in total. The standard InChI is InChI=1S/C14H10ClF3N4O4/c1-2-9-13(21-11(15)10(20-9)12(19)23)26-8-4-6(14(16,17)18)3-7(5-8)22(24)25/h3-5H,2H2,1H3,(H2,19,23). The van der Waals surface area contributed by atoms with Gasteiger partial charge in [0.2, 0.25) is 5.88 Å². The second-order valence-corrected chi connectivity index (χ2v) is 5.26. The topological polar surface area (TPSA) is 121 Å². The van der Waals surface area contributed by atoms with Crippen LogP contribution in [0.1, 0.15) is 28.7 Å². The van der Waals surface area contributed by atoms with Crippen molar-refractivity contribution in [2.24, 2.45) is 5.73 Å². The maximum Gasteiger partial charge on any atom is 0.416 e. The van der Waals surface area contributed by atoms with Crippen LogP contribution in [-0.4, -0.2) is 20.8 Å². The highest BCUT2D eigenvalue weighted by Crippen LogP contribution is 2.36.